The maximum absolute atomic E-state index is 13.5. The molecule has 0 N–H and O–H groups in total. The molecule has 1 aromatic carbocycles. The molecule has 0 aliphatic carbocycles. The first-order valence-electron chi connectivity index (χ1n) is 9.41. The molecule has 7 heteroatoms. The van der Waals surface area contributed by atoms with E-state index >= 15 is 0 Å². The lowest BCUT2D eigenvalue weighted by Crippen LogP contribution is -2.47. The zero-order valence-electron chi connectivity index (χ0n) is 15.9. The van der Waals surface area contributed by atoms with Crippen molar-refractivity contribution in [2.24, 2.45) is 0 Å². The van der Waals surface area contributed by atoms with E-state index in [2.05, 4.69) is 16.7 Å². The maximum atomic E-state index is 13.5. The maximum Gasteiger partial charge on any atom is 0.282 e. The van der Waals surface area contributed by atoms with Crippen molar-refractivity contribution in [3.05, 3.63) is 56.9 Å². The lowest BCUT2D eigenvalue weighted by atomic mass is 10.1. The standard InChI is InChI=1S/C21H22ClN3O2S/c1-3-23-8-10-24(11-9-23)19-18(17-5-4-12-28-17)20(26)25(21(19)27)16-13-15(22)7-6-14(16)2/h4-7,12-13H,3,8-11H2,1-2H3. The van der Waals surface area contributed by atoms with Crippen LogP contribution in [0.1, 0.15) is 17.4 Å². The molecule has 5 nitrogen and oxygen atoms in total. The fourth-order valence-electron chi connectivity index (χ4n) is 3.78. The van der Waals surface area contributed by atoms with Gasteiger partial charge in [0.05, 0.1) is 11.3 Å². The highest BCUT2D eigenvalue weighted by atomic mass is 35.5. The van der Waals surface area contributed by atoms with Gasteiger partial charge in [-0.1, -0.05) is 30.7 Å². The van der Waals surface area contributed by atoms with Crippen molar-refractivity contribution in [2.75, 3.05) is 37.6 Å². The second-order valence-corrected chi connectivity index (χ2v) is 8.38. The van der Waals surface area contributed by atoms with E-state index in [-0.39, 0.29) is 11.8 Å². The summed E-state index contributed by atoms with van der Waals surface area (Å²) in [5.41, 5.74) is 2.42. The first-order valence-corrected chi connectivity index (χ1v) is 10.7. The molecule has 4 rings (SSSR count). The number of halogens is 1. The molecule has 2 aliphatic heterocycles. The van der Waals surface area contributed by atoms with Crippen LogP contribution in [0.3, 0.4) is 0 Å². The summed E-state index contributed by atoms with van der Waals surface area (Å²) in [7, 11) is 0. The van der Waals surface area contributed by atoms with Gasteiger partial charge in [-0.3, -0.25) is 9.59 Å². The molecule has 3 heterocycles. The first kappa shape index (κ1) is 19.2. The van der Waals surface area contributed by atoms with Gasteiger partial charge in [-0.25, -0.2) is 4.90 Å². The van der Waals surface area contributed by atoms with Gasteiger partial charge >= 0.3 is 0 Å². The number of carbonyl (C=O) groups is 2. The number of benzene rings is 1. The highest BCUT2D eigenvalue weighted by Gasteiger charge is 2.43. The Labute approximate surface area is 173 Å². The number of thiophene rings is 1. The van der Waals surface area contributed by atoms with Gasteiger partial charge in [0, 0.05) is 36.1 Å². The molecule has 1 aromatic heterocycles. The number of carbonyl (C=O) groups excluding carboxylic acids is 2. The predicted molar refractivity (Wildman–Crippen MR) is 114 cm³/mol. The molecule has 2 amide bonds. The van der Waals surface area contributed by atoms with Gasteiger partial charge in [0.2, 0.25) is 0 Å². The van der Waals surface area contributed by atoms with Crippen LogP contribution in [-0.2, 0) is 9.59 Å². The SMILES string of the molecule is CCN1CCN(C2=C(c3cccs3)C(=O)N(c3cc(Cl)ccc3C)C2=O)CC1. The van der Waals surface area contributed by atoms with Gasteiger partial charge in [0.15, 0.2) is 0 Å². The minimum Gasteiger partial charge on any atom is -0.364 e. The minimum absolute atomic E-state index is 0.260. The number of anilines is 1. The summed E-state index contributed by atoms with van der Waals surface area (Å²) in [6.07, 6.45) is 0. The van der Waals surface area contributed by atoms with E-state index in [1.165, 1.54) is 16.2 Å². The molecular weight excluding hydrogens is 394 g/mol. The van der Waals surface area contributed by atoms with Crippen LogP contribution in [0.15, 0.2) is 41.4 Å². The summed E-state index contributed by atoms with van der Waals surface area (Å²) in [5.74, 6) is -0.533. The van der Waals surface area contributed by atoms with Crippen molar-refractivity contribution in [1.82, 2.24) is 9.80 Å². The van der Waals surface area contributed by atoms with Crippen LogP contribution >= 0.6 is 22.9 Å². The van der Waals surface area contributed by atoms with Crippen LogP contribution in [0, 0.1) is 6.92 Å². The Morgan fingerprint density at radius 2 is 1.82 bits per heavy atom. The fraction of sp³-hybridized carbons (Fsp3) is 0.333. The average Bonchev–Trinajstić information content (AvgIpc) is 3.30. The molecule has 146 valence electrons. The molecule has 28 heavy (non-hydrogen) atoms. The Bertz CT molecular complexity index is 947. The van der Waals surface area contributed by atoms with Crippen molar-refractivity contribution in [1.29, 1.82) is 0 Å². The quantitative estimate of drug-likeness (QED) is 0.715. The van der Waals surface area contributed by atoms with Crippen LogP contribution in [0.5, 0.6) is 0 Å². The number of hydrogen-bond donors (Lipinski definition) is 0. The fourth-order valence-corrected chi connectivity index (χ4v) is 4.71. The van der Waals surface area contributed by atoms with Gasteiger partial charge in [-0.15, -0.1) is 11.3 Å². The summed E-state index contributed by atoms with van der Waals surface area (Å²) >= 11 is 7.65. The molecule has 0 saturated carbocycles. The molecule has 1 saturated heterocycles. The van der Waals surface area contributed by atoms with Crippen LogP contribution in [0.25, 0.3) is 5.57 Å². The second-order valence-electron chi connectivity index (χ2n) is 7.00. The average molecular weight is 416 g/mol. The zero-order valence-corrected chi connectivity index (χ0v) is 17.5. The van der Waals surface area contributed by atoms with Crippen molar-refractivity contribution in [3.63, 3.8) is 0 Å². The minimum atomic E-state index is -0.272. The molecule has 0 atom stereocenters. The number of rotatable bonds is 4. The number of nitrogens with zero attached hydrogens (tertiary/aromatic N) is 3. The molecule has 2 aromatic rings. The van der Waals surface area contributed by atoms with Gasteiger partial charge in [0.25, 0.3) is 11.8 Å². The Hall–Kier alpha value is -2.15. The smallest absolute Gasteiger partial charge is 0.282 e. The lowest BCUT2D eigenvalue weighted by Gasteiger charge is -2.35. The van der Waals surface area contributed by atoms with E-state index in [1.54, 1.807) is 12.1 Å². The number of amides is 2. The van der Waals surface area contributed by atoms with Crippen molar-refractivity contribution < 1.29 is 9.59 Å². The highest BCUT2D eigenvalue weighted by Crippen LogP contribution is 2.38. The Morgan fingerprint density at radius 3 is 2.46 bits per heavy atom. The van der Waals surface area contributed by atoms with Gasteiger partial charge in [-0.2, -0.15) is 0 Å². The van der Waals surface area contributed by atoms with Crippen LogP contribution in [0.4, 0.5) is 5.69 Å². The summed E-state index contributed by atoms with van der Waals surface area (Å²) in [6.45, 7) is 8.25. The summed E-state index contributed by atoms with van der Waals surface area (Å²) < 4.78 is 0. The van der Waals surface area contributed by atoms with E-state index in [0.717, 1.165) is 43.2 Å². The van der Waals surface area contributed by atoms with Crippen LogP contribution < -0.4 is 4.90 Å². The summed E-state index contributed by atoms with van der Waals surface area (Å²) in [6, 6.07) is 9.11. The highest BCUT2D eigenvalue weighted by molar-refractivity contribution is 7.11. The Balaban J connectivity index is 1.77. The topological polar surface area (TPSA) is 43.9 Å². The van der Waals surface area contributed by atoms with E-state index in [1.807, 2.05) is 30.5 Å². The number of piperazine rings is 1. The Morgan fingerprint density at radius 1 is 1.07 bits per heavy atom. The van der Waals surface area contributed by atoms with E-state index in [9.17, 15) is 9.59 Å². The molecule has 1 fully saturated rings. The van der Waals surface area contributed by atoms with Gasteiger partial charge < -0.3 is 9.80 Å². The largest absolute Gasteiger partial charge is 0.364 e. The predicted octanol–water partition coefficient (Wildman–Crippen LogP) is 3.63. The third-order valence-corrected chi connectivity index (χ3v) is 6.50. The number of likely N-dealkylation sites (N-methyl/N-ethyl adjacent to an activating group) is 1. The third kappa shape index (κ3) is 3.26. The Kier molecular flexibility index (Phi) is 5.27. The monoisotopic (exact) mass is 415 g/mol. The summed E-state index contributed by atoms with van der Waals surface area (Å²) in [5, 5.41) is 2.43. The second kappa shape index (κ2) is 7.70. The van der Waals surface area contributed by atoms with E-state index in [0.29, 0.717) is 22.0 Å². The number of hydrogen-bond acceptors (Lipinski definition) is 5. The normalized spacial score (nSPS) is 18.5. The van der Waals surface area contributed by atoms with E-state index in [4.69, 9.17) is 11.6 Å². The zero-order chi connectivity index (χ0) is 19.8. The number of imide groups is 1. The molecule has 0 bridgehead atoms. The van der Waals surface area contributed by atoms with Crippen molar-refractivity contribution in [3.8, 4) is 0 Å². The third-order valence-electron chi connectivity index (χ3n) is 5.37. The van der Waals surface area contributed by atoms with Crippen molar-refractivity contribution in [2.45, 2.75) is 13.8 Å². The lowest BCUT2D eigenvalue weighted by molar-refractivity contribution is -0.120. The molecule has 0 unspecified atom stereocenters. The van der Waals surface area contributed by atoms with Crippen LogP contribution in [-0.4, -0.2) is 54.3 Å². The molecular formula is C21H22ClN3O2S. The van der Waals surface area contributed by atoms with Crippen molar-refractivity contribution >= 4 is 46.0 Å². The van der Waals surface area contributed by atoms with Crippen LogP contribution in [0.2, 0.25) is 5.02 Å². The molecule has 2 aliphatic rings. The number of aryl methyl sites for hydroxylation is 1. The first-order chi connectivity index (χ1) is 13.5. The van der Waals surface area contributed by atoms with E-state index < -0.39 is 0 Å². The van der Waals surface area contributed by atoms with Gasteiger partial charge in [0.1, 0.15) is 5.70 Å². The summed E-state index contributed by atoms with van der Waals surface area (Å²) in [4.78, 5) is 33.5. The molecule has 0 spiro atoms. The van der Waals surface area contributed by atoms with Gasteiger partial charge in [-0.05, 0) is 42.6 Å². The molecule has 0 radical (unpaired) electrons.